The third-order valence-corrected chi connectivity index (χ3v) is 9.53. The lowest BCUT2D eigenvalue weighted by Crippen LogP contribution is -2.34. The molecule has 4 aliphatic rings. The van der Waals surface area contributed by atoms with Crippen LogP contribution in [0.15, 0.2) is 66.7 Å². The van der Waals surface area contributed by atoms with Crippen molar-refractivity contribution in [3.05, 3.63) is 100 Å². The van der Waals surface area contributed by atoms with Crippen LogP contribution in [-0.2, 0) is 25.7 Å². The quantitative estimate of drug-likeness (QED) is 0.250. The molecule has 0 unspecified atom stereocenters. The van der Waals surface area contributed by atoms with Crippen LogP contribution in [0.5, 0.6) is 40.2 Å². The average Bonchev–Trinajstić information content (AvgIpc) is 3.04. The molecule has 7 heteroatoms. The van der Waals surface area contributed by atoms with Crippen LogP contribution in [0.3, 0.4) is 0 Å². The molecule has 4 heterocycles. The first kappa shape index (κ1) is 28.6. The molecule has 44 heavy (non-hydrogen) atoms. The van der Waals surface area contributed by atoms with Crippen LogP contribution in [0.25, 0.3) is 0 Å². The smallest absolute Gasteiger partial charge is 0.204 e. The Bertz CT molecular complexity index is 1680. The molecule has 6 bridgehead atoms. The molecule has 4 aromatic carbocycles. The molecule has 0 amide bonds. The van der Waals surface area contributed by atoms with E-state index in [1.807, 2.05) is 6.07 Å². The van der Waals surface area contributed by atoms with Crippen LogP contribution in [0, 0.1) is 0 Å². The summed E-state index contributed by atoms with van der Waals surface area (Å²) in [5.41, 5.74) is 7.31. The van der Waals surface area contributed by atoms with E-state index in [9.17, 15) is 0 Å². The number of hydrogen-bond donors (Lipinski definition) is 0. The molecule has 0 saturated heterocycles. The Morgan fingerprint density at radius 3 is 2.11 bits per heavy atom. The Morgan fingerprint density at radius 1 is 0.659 bits per heavy atom. The first-order chi connectivity index (χ1) is 21.4. The van der Waals surface area contributed by atoms with Crippen LogP contribution in [-0.4, -0.2) is 58.3 Å². The van der Waals surface area contributed by atoms with Crippen molar-refractivity contribution in [3.63, 3.8) is 0 Å². The highest BCUT2D eigenvalue weighted by Gasteiger charge is 2.34. The maximum absolute atomic E-state index is 7.01. The van der Waals surface area contributed by atoms with Crippen molar-refractivity contribution >= 4 is 0 Å². The second-order valence-corrected chi connectivity index (χ2v) is 12.1. The minimum atomic E-state index is 0.0680. The second-order valence-electron chi connectivity index (χ2n) is 12.1. The standard InChI is InChI=1S/C37H40N2O5/c1-38-15-13-25-20-32(40-3)33-22-29(25)30(38)19-24-7-6-8-28(17-24)43-27-11-9-23(10-12-27)18-31-35-26(14-16-39(31)2)21-34(41-4)36(42-5)37(35)44-33/h6-12,17,20-22,30-31H,13-16,18-19H2,1-5H3/t30-,31+/m1/s1. The molecule has 8 rings (SSSR count). The van der Waals surface area contributed by atoms with Crippen LogP contribution in [0.2, 0.25) is 0 Å². The van der Waals surface area contributed by atoms with Crippen LogP contribution in [0.1, 0.15) is 45.5 Å². The van der Waals surface area contributed by atoms with Gasteiger partial charge in [0.15, 0.2) is 23.0 Å². The lowest BCUT2D eigenvalue weighted by Gasteiger charge is -2.37. The number of benzene rings is 4. The molecular formula is C37H40N2O5. The number of ether oxygens (including phenoxy) is 5. The van der Waals surface area contributed by atoms with E-state index in [4.69, 9.17) is 23.7 Å². The third-order valence-electron chi connectivity index (χ3n) is 9.53. The molecule has 228 valence electrons. The van der Waals surface area contributed by atoms with E-state index in [1.54, 1.807) is 21.3 Å². The Balaban J connectivity index is 1.46. The molecule has 0 fully saturated rings. The number of hydrogen-bond acceptors (Lipinski definition) is 7. The summed E-state index contributed by atoms with van der Waals surface area (Å²) in [5.74, 6) is 5.02. The molecule has 0 N–H and O–H groups in total. The molecule has 0 aliphatic carbocycles. The van der Waals surface area contributed by atoms with Gasteiger partial charge in [-0.25, -0.2) is 0 Å². The summed E-state index contributed by atoms with van der Waals surface area (Å²) in [5, 5.41) is 0. The lowest BCUT2D eigenvalue weighted by atomic mass is 9.87. The predicted octanol–water partition coefficient (Wildman–Crippen LogP) is 7.15. The van der Waals surface area contributed by atoms with Gasteiger partial charge in [0.05, 0.1) is 21.3 Å². The molecule has 0 aromatic heterocycles. The molecule has 0 radical (unpaired) electrons. The van der Waals surface area contributed by atoms with Crippen LogP contribution >= 0.6 is 0 Å². The van der Waals surface area contributed by atoms with Gasteiger partial charge in [0.25, 0.3) is 0 Å². The second kappa shape index (κ2) is 11.7. The topological polar surface area (TPSA) is 52.6 Å². The Kier molecular flexibility index (Phi) is 7.60. The summed E-state index contributed by atoms with van der Waals surface area (Å²) in [6, 6.07) is 23.6. The summed E-state index contributed by atoms with van der Waals surface area (Å²) in [6.07, 6.45) is 3.48. The van der Waals surface area contributed by atoms with Crippen molar-refractivity contribution in [2.45, 2.75) is 37.8 Å². The fraction of sp³-hybridized carbons (Fsp3) is 0.351. The monoisotopic (exact) mass is 592 g/mol. The van der Waals surface area contributed by atoms with E-state index < -0.39 is 0 Å². The highest BCUT2D eigenvalue weighted by Crippen LogP contribution is 2.51. The van der Waals surface area contributed by atoms with Gasteiger partial charge >= 0.3 is 0 Å². The van der Waals surface area contributed by atoms with Crippen molar-refractivity contribution in [1.29, 1.82) is 0 Å². The number of likely N-dealkylation sites (N-methyl/N-ethyl adjacent to an activating group) is 2. The van der Waals surface area contributed by atoms with Crippen molar-refractivity contribution in [2.75, 3.05) is 48.5 Å². The van der Waals surface area contributed by atoms with Gasteiger partial charge in [-0.05, 0) is 110 Å². The maximum Gasteiger partial charge on any atom is 0.204 e. The third kappa shape index (κ3) is 5.14. The average molecular weight is 593 g/mol. The number of methoxy groups -OCH3 is 3. The van der Waals surface area contributed by atoms with Gasteiger partial charge < -0.3 is 23.7 Å². The van der Waals surface area contributed by atoms with Crippen molar-refractivity contribution < 1.29 is 23.7 Å². The van der Waals surface area contributed by atoms with Crippen molar-refractivity contribution in [1.82, 2.24) is 9.80 Å². The van der Waals surface area contributed by atoms with E-state index in [-0.39, 0.29) is 12.1 Å². The van der Waals surface area contributed by atoms with Crippen LogP contribution in [0.4, 0.5) is 0 Å². The fourth-order valence-corrected chi connectivity index (χ4v) is 7.09. The van der Waals surface area contributed by atoms with E-state index in [1.165, 1.54) is 27.8 Å². The van der Waals surface area contributed by atoms with E-state index in [0.29, 0.717) is 28.7 Å². The first-order valence-corrected chi connectivity index (χ1v) is 15.4. The van der Waals surface area contributed by atoms with Crippen LogP contribution < -0.4 is 23.7 Å². The highest BCUT2D eigenvalue weighted by molar-refractivity contribution is 5.63. The van der Waals surface area contributed by atoms with Gasteiger partial charge in [0.1, 0.15) is 11.5 Å². The molecule has 4 aromatic rings. The van der Waals surface area contributed by atoms with Gasteiger partial charge in [-0.1, -0.05) is 24.3 Å². The first-order valence-electron chi connectivity index (χ1n) is 15.4. The summed E-state index contributed by atoms with van der Waals surface area (Å²) < 4.78 is 31.2. The van der Waals surface area contributed by atoms with Crippen molar-refractivity contribution in [3.8, 4) is 40.2 Å². The number of nitrogens with zero attached hydrogens (tertiary/aromatic N) is 2. The summed E-state index contributed by atoms with van der Waals surface area (Å²) in [4.78, 5) is 4.84. The zero-order valence-corrected chi connectivity index (χ0v) is 26.2. The zero-order valence-electron chi connectivity index (χ0n) is 26.2. The Morgan fingerprint density at radius 2 is 1.36 bits per heavy atom. The minimum absolute atomic E-state index is 0.0680. The molecule has 4 aliphatic heterocycles. The zero-order chi connectivity index (χ0) is 30.4. The van der Waals surface area contributed by atoms with Gasteiger partial charge in [-0.3, -0.25) is 9.80 Å². The fourth-order valence-electron chi connectivity index (χ4n) is 7.09. The molecule has 0 spiro atoms. The Labute approximate surface area is 259 Å². The summed E-state index contributed by atoms with van der Waals surface area (Å²) in [7, 11) is 9.46. The Hall–Kier alpha value is -4.20. The van der Waals surface area contributed by atoms with Gasteiger partial charge in [-0.15, -0.1) is 0 Å². The molecule has 2 atom stereocenters. The van der Waals surface area contributed by atoms with E-state index in [0.717, 1.165) is 55.8 Å². The van der Waals surface area contributed by atoms with E-state index in [2.05, 4.69) is 84.6 Å². The number of fused-ring (bicyclic) bond motifs is 2. The largest absolute Gasteiger partial charge is 0.493 e. The van der Waals surface area contributed by atoms with E-state index >= 15 is 0 Å². The SMILES string of the molecule is COc1cc2c3cc1Oc1c(OC)c(OC)cc4c1[C@H](Cc1ccc(cc1)Oc1cccc(c1)C[C@H]3N(C)CC2)N(C)CC4. The van der Waals surface area contributed by atoms with Crippen molar-refractivity contribution in [2.24, 2.45) is 0 Å². The van der Waals surface area contributed by atoms with Gasteiger partial charge in [0, 0.05) is 30.7 Å². The summed E-state index contributed by atoms with van der Waals surface area (Å²) in [6.45, 7) is 1.90. The molecule has 7 nitrogen and oxygen atoms in total. The minimum Gasteiger partial charge on any atom is -0.493 e. The molecular weight excluding hydrogens is 552 g/mol. The maximum atomic E-state index is 7.01. The summed E-state index contributed by atoms with van der Waals surface area (Å²) >= 11 is 0. The number of rotatable bonds is 3. The lowest BCUT2D eigenvalue weighted by molar-refractivity contribution is 0.220. The van der Waals surface area contributed by atoms with Gasteiger partial charge in [0.2, 0.25) is 5.75 Å². The normalized spacial score (nSPS) is 19.6. The molecule has 0 saturated carbocycles. The highest BCUT2D eigenvalue weighted by atomic mass is 16.5. The predicted molar refractivity (Wildman–Crippen MR) is 171 cm³/mol. The van der Waals surface area contributed by atoms with Gasteiger partial charge in [-0.2, -0.15) is 0 Å².